The molecule has 0 aromatic heterocycles. The number of halogens is 1. The van der Waals surface area contributed by atoms with Crippen molar-refractivity contribution < 1.29 is 0 Å². The molecule has 1 aliphatic rings. The number of alkyl halides is 1. The third-order valence-electron chi connectivity index (χ3n) is 2.92. The summed E-state index contributed by atoms with van der Waals surface area (Å²) >= 11 is 5.60. The van der Waals surface area contributed by atoms with Crippen molar-refractivity contribution in [3.8, 4) is 0 Å². The van der Waals surface area contributed by atoms with E-state index >= 15 is 0 Å². The van der Waals surface area contributed by atoms with E-state index in [0.717, 1.165) is 11.8 Å². The van der Waals surface area contributed by atoms with Crippen molar-refractivity contribution in [1.82, 2.24) is 0 Å². The Labute approximate surface area is 81.0 Å². The van der Waals surface area contributed by atoms with Crippen LogP contribution in [-0.4, -0.2) is 5.88 Å². The van der Waals surface area contributed by atoms with Gasteiger partial charge in [-0.25, -0.2) is 0 Å². The van der Waals surface area contributed by atoms with Crippen molar-refractivity contribution >= 4 is 11.6 Å². The van der Waals surface area contributed by atoms with Gasteiger partial charge in [0.1, 0.15) is 0 Å². The summed E-state index contributed by atoms with van der Waals surface area (Å²) in [6, 6.07) is 0. The van der Waals surface area contributed by atoms with E-state index in [1.807, 2.05) is 0 Å². The maximum absolute atomic E-state index is 5.60. The quantitative estimate of drug-likeness (QED) is 0.462. The molecule has 1 unspecified atom stereocenters. The van der Waals surface area contributed by atoms with Gasteiger partial charge in [0.15, 0.2) is 0 Å². The molecule has 0 aromatic rings. The zero-order chi connectivity index (χ0) is 8.81. The number of hydrogen-bond donors (Lipinski definition) is 0. The van der Waals surface area contributed by atoms with Crippen LogP contribution in [0, 0.1) is 11.8 Å². The molecule has 0 bridgehead atoms. The first-order valence-corrected chi connectivity index (χ1v) is 5.60. The Morgan fingerprint density at radius 2 is 2.00 bits per heavy atom. The smallest absolute Gasteiger partial charge is 0.0404 e. The van der Waals surface area contributed by atoms with Gasteiger partial charge >= 0.3 is 0 Å². The molecule has 1 atom stereocenters. The van der Waals surface area contributed by atoms with Crippen molar-refractivity contribution in [2.24, 2.45) is 11.8 Å². The van der Waals surface area contributed by atoms with Crippen LogP contribution in [0.2, 0.25) is 0 Å². The van der Waals surface area contributed by atoms with Crippen LogP contribution in [0.5, 0.6) is 0 Å². The second-order valence-electron chi connectivity index (χ2n) is 3.84. The number of hydrogen-bond acceptors (Lipinski definition) is 0. The topological polar surface area (TPSA) is 0 Å². The first-order valence-electron chi connectivity index (χ1n) is 5.07. The van der Waals surface area contributed by atoms with E-state index in [-0.39, 0.29) is 0 Å². The lowest BCUT2D eigenvalue weighted by Gasteiger charge is -2.25. The van der Waals surface area contributed by atoms with Gasteiger partial charge in [-0.2, -0.15) is 0 Å². The molecule has 0 radical (unpaired) electrons. The van der Waals surface area contributed by atoms with Crippen molar-refractivity contribution in [1.29, 1.82) is 0 Å². The lowest BCUT2D eigenvalue weighted by molar-refractivity contribution is 0.300. The van der Waals surface area contributed by atoms with Crippen LogP contribution in [0.15, 0.2) is 12.2 Å². The third kappa shape index (κ3) is 3.18. The molecular weight excluding hydrogens is 168 g/mol. The van der Waals surface area contributed by atoms with Crippen LogP contribution >= 0.6 is 11.6 Å². The average Bonchev–Trinajstić information content (AvgIpc) is 2.15. The summed E-state index contributed by atoms with van der Waals surface area (Å²) in [5.74, 6) is 2.33. The molecule has 1 heteroatoms. The predicted octanol–water partition coefficient (Wildman–Crippen LogP) is 4.00. The number of rotatable bonds is 3. The summed E-state index contributed by atoms with van der Waals surface area (Å²) < 4.78 is 0. The minimum absolute atomic E-state index is 0.664. The molecule has 12 heavy (non-hydrogen) atoms. The molecule has 0 aliphatic heterocycles. The van der Waals surface area contributed by atoms with E-state index in [9.17, 15) is 0 Å². The van der Waals surface area contributed by atoms with Crippen molar-refractivity contribution in [3.05, 3.63) is 12.2 Å². The molecule has 1 saturated carbocycles. The Kier molecular flexibility index (Phi) is 4.75. The molecule has 0 N–H and O–H groups in total. The van der Waals surface area contributed by atoms with Gasteiger partial charge in [0, 0.05) is 5.88 Å². The van der Waals surface area contributed by atoms with Gasteiger partial charge in [-0.1, -0.05) is 38.3 Å². The normalized spacial score (nSPS) is 23.2. The molecule has 0 heterocycles. The fourth-order valence-electron chi connectivity index (χ4n) is 2.08. The second kappa shape index (κ2) is 5.64. The van der Waals surface area contributed by atoms with Gasteiger partial charge in [0.05, 0.1) is 0 Å². The molecule has 1 aliphatic carbocycles. The van der Waals surface area contributed by atoms with E-state index < -0.39 is 0 Å². The van der Waals surface area contributed by atoms with Gasteiger partial charge < -0.3 is 0 Å². The van der Waals surface area contributed by atoms with Crippen LogP contribution in [0.3, 0.4) is 0 Å². The van der Waals surface area contributed by atoms with Crippen LogP contribution in [0.1, 0.15) is 39.0 Å². The largest absolute Gasteiger partial charge is 0.122 e. The maximum atomic E-state index is 5.60. The van der Waals surface area contributed by atoms with E-state index in [4.69, 9.17) is 11.6 Å². The summed E-state index contributed by atoms with van der Waals surface area (Å²) in [6.07, 6.45) is 11.5. The lowest BCUT2D eigenvalue weighted by atomic mass is 9.81. The summed E-state index contributed by atoms with van der Waals surface area (Å²) in [5.41, 5.74) is 0. The van der Waals surface area contributed by atoms with Crippen molar-refractivity contribution in [2.75, 3.05) is 5.88 Å². The fourth-order valence-corrected chi connectivity index (χ4v) is 2.19. The lowest BCUT2D eigenvalue weighted by Crippen LogP contribution is -2.13. The Morgan fingerprint density at radius 3 is 2.58 bits per heavy atom. The van der Waals surface area contributed by atoms with E-state index in [0.29, 0.717) is 5.88 Å². The molecule has 0 amide bonds. The summed E-state index contributed by atoms with van der Waals surface area (Å²) in [4.78, 5) is 0. The highest BCUT2D eigenvalue weighted by atomic mass is 35.5. The Bertz CT molecular complexity index is 134. The summed E-state index contributed by atoms with van der Waals surface area (Å²) in [5, 5.41) is 0. The standard InChI is InChI=1S/C11H19Cl/c1-10(6-5-9-12)11-7-3-2-4-8-11/h5-6,10-11H,2-4,7-9H2,1H3/b6-5+. The van der Waals surface area contributed by atoms with E-state index in [1.165, 1.54) is 32.1 Å². The van der Waals surface area contributed by atoms with Crippen LogP contribution < -0.4 is 0 Å². The first kappa shape index (κ1) is 10.1. The van der Waals surface area contributed by atoms with Crippen LogP contribution in [0.25, 0.3) is 0 Å². The van der Waals surface area contributed by atoms with E-state index in [2.05, 4.69) is 19.1 Å². The maximum Gasteiger partial charge on any atom is 0.0404 e. The minimum atomic E-state index is 0.664. The van der Waals surface area contributed by atoms with Gasteiger partial charge in [-0.3, -0.25) is 0 Å². The Balaban J connectivity index is 2.29. The van der Waals surface area contributed by atoms with Crippen LogP contribution in [0.4, 0.5) is 0 Å². The fraction of sp³-hybridized carbons (Fsp3) is 0.818. The minimum Gasteiger partial charge on any atom is -0.122 e. The second-order valence-corrected chi connectivity index (χ2v) is 4.15. The molecule has 0 nitrogen and oxygen atoms in total. The molecule has 0 saturated heterocycles. The van der Waals surface area contributed by atoms with Gasteiger partial charge in [0.2, 0.25) is 0 Å². The first-order chi connectivity index (χ1) is 5.84. The van der Waals surface area contributed by atoms with Gasteiger partial charge in [-0.15, -0.1) is 11.6 Å². The zero-order valence-corrected chi connectivity index (χ0v) is 8.69. The Hall–Kier alpha value is 0.0300. The molecule has 1 rings (SSSR count). The molecule has 1 fully saturated rings. The third-order valence-corrected chi connectivity index (χ3v) is 3.10. The zero-order valence-electron chi connectivity index (χ0n) is 7.93. The predicted molar refractivity (Wildman–Crippen MR) is 55.6 cm³/mol. The highest BCUT2D eigenvalue weighted by molar-refractivity contribution is 6.18. The monoisotopic (exact) mass is 186 g/mol. The van der Waals surface area contributed by atoms with Crippen molar-refractivity contribution in [3.63, 3.8) is 0 Å². The van der Waals surface area contributed by atoms with Crippen molar-refractivity contribution in [2.45, 2.75) is 39.0 Å². The Morgan fingerprint density at radius 1 is 1.33 bits per heavy atom. The number of allylic oxidation sites excluding steroid dienone is 2. The summed E-state index contributed by atoms with van der Waals surface area (Å²) in [6.45, 7) is 2.32. The molecule has 70 valence electrons. The highest BCUT2D eigenvalue weighted by Gasteiger charge is 2.17. The molecular formula is C11H19Cl. The van der Waals surface area contributed by atoms with Crippen LogP contribution in [-0.2, 0) is 0 Å². The highest BCUT2D eigenvalue weighted by Crippen LogP contribution is 2.30. The van der Waals surface area contributed by atoms with E-state index in [1.54, 1.807) is 0 Å². The molecule has 0 spiro atoms. The van der Waals surface area contributed by atoms with Gasteiger partial charge in [-0.05, 0) is 24.7 Å². The average molecular weight is 187 g/mol. The van der Waals surface area contributed by atoms with Gasteiger partial charge in [0.25, 0.3) is 0 Å². The summed E-state index contributed by atoms with van der Waals surface area (Å²) in [7, 11) is 0. The SMILES string of the molecule is CC(/C=C/CCl)C1CCCCC1. The molecule has 0 aromatic carbocycles.